The highest BCUT2D eigenvalue weighted by atomic mass is 35.5. The third kappa shape index (κ3) is 8.36. The normalized spacial score (nSPS) is 16.2. The van der Waals surface area contributed by atoms with Gasteiger partial charge in [-0.25, -0.2) is 9.59 Å². The van der Waals surface area contributed by atoms with Gasteiger partial charge < -0.3 is 19.7 Å². The molecule has 0 amide bonds. The van der Waals surface area contributed by atoms with E-state index in [1.807, 2.05) is 0 Å². The van der Waals surface area contributed by atoms with E-state index in [-0.39, 0.29) is 41.9 Å². The van der Waals surface area contributed by atoms with Gasteiger partial charge in [0.1, 0.15) is 0 Å². The fraction of sp³-hybridized carbons (Fsp3) is 0.268. The zero-order valence-corrected chi connectivity index (χ0v) is 30.3. The quantitative estimate of drug-likeness (QED) is 0.0982. The number of rotatable bonds is 11. The van der Waals surface area contributed by atoms with Gasteiger partial charge in [0.25, 0.3) is 5.69 Å². The number of non-ortho nitro benzene ring substituents is 1. The van der Waals surface area contributed by atoms with Crippen LogP contribution in [0, 0.1) is 10.1 Å². The molecule has 1 N–H and O–H groups in total. The number of nitrogens with one attached hydrogen (secondary N) is 1. The Hall–Kier alpha value is -5.45. The Bertz CT molecular complexity index is 1880. The number of esters is 2. The lowest BCUT2D eigenvalue weighted by atomic mass is 9.80. The van der Waals surface area contributed by atoms with Crippen LogP contribution in [0.5, 0.6) is 0 Å². The van der Waals surface area contributed by atoms with Crippen molar-refractivity contribution in [2.24, 2.45) is 0 Å². The maximum absolute atomic E-state index is 13.6. The van der Waals surface area contributed by atoms with Crippen LogP contribution in [0.1, 0.15) is 48.1 Å². The number of nitrogens with zero attached hydrogens (tertiary/aromatic N) is 3. The van der Waals surface area contributed by atoms with Gasteiger partial charge in [-0.05, 0) is 48.2 Å². The number of methoxy groups -OCH3 is 1. The van der Waals surface area contributed by atoms with E-state index >= 15 is 0 Å². The summed E-state index contributed by atoms with van der Waals surface area (Å²) >= 11 is 0. The van der Waals surface area contributed by atoms with E-state index in [1.54, 1.807) is 26.0 Å². The van der Waals surface area contributed by atoms with Gasteiger partial charge in [-0.1, -0.05) is 84.9 Å². The first-order valence-electron chi connectivity index (χ1n) is 17.1. The number of nitro benzene ring substituents is 1. The highest BCUT2D eigenvalue weighted by Gasteiger charge is 2.38. The molecule has 2 aliphatic rings. The second-order valence-electron chi connectivity index (χ2n) is 12.8. The first-order valence-corrected chi connectivity index (χ1v) is 17.1. The third-order valence-corrected chi connectivity index (χ3v) is 9.66. The number of hydrogen-bond acceptors (Lipinski definition) is 9. The molecule has 6 rings (SSSR count). The molecule has 1 unspecified atom stereocenters. The minimum absolute atomic E-state index is 0. The Morgan fingerprint density at radius 3 is 1.85 bits per heavy atom. The summed E-state index contributed by atoms with van der Waals surface area (Å²) in [6.45, 7) is 7.30. The Morgan fingerprint density at radius 2 is 1.33 bits per heavy atom. The number of benzene rings is 4. The predicted octanol–water partition coefficient (Wildman–Crippen LogP) is 7.12. The highest BCUT2D eigenvalue weighted by molar-refractivity contribution is 5.99. The molecule has 11 heteroatoms. The zero-order valence-electron chi connectivity index (χ0n) is 29.5. The zero-order chi connectivity index (χ0) is 35.9. The highest BCUT2D eigenvalue weighted by Crippen LogP contribution is 2.40. The van der Waals surface area contributed by atoms with Crippen LogP contribution in [0.15, 0.2) is 132 Å². The first kappa shape index (κ1) is 37.8. The molecule has 0 bridgehead atoms. The Kier molecular flexibility index (Phi) is 12.5. The largest absolute Gasteiger partial charge is 0.466 e. The van der Waals surface area contributed by atoms with Crippen LogP contribution >= 0.6 is 12.4 Å². The maximum Gasteiger partial charge on any atom is 0.336 e. The van der Waals surface area contributed by atoms with Crippen LogP contribution in [0.3, 0.4) is 0 Å². The van der Waals surface area contributed by atoms with Crippen molar-refractivity contribution in [2.75, 3.05) is 44.8 Å². The van der Waals surface area contributed by atoms with Gasteiger partial charge in [-0.15, -0.1) is 12.4 Å². The fourth-order valence-electron chi connectivity index (χ4n) is 7.10. The minimum Gasteiger partial charge on any atom is -0.466 e. The van der Waals surface area contributed by atoms with Crippen molar-refractivity contribution in [2.45, 2.75) is 32.2 Å². The predicted molar refractivity (Wildman–Crippen MR) is 203 cm³/mol. The second-order valence-corrected chi connectivity index (χ2v) is 12.8. The lowest BCUT2D eigenvalue weighted by Gasteiger charge is -2.40. The molecule has 1 atom stereocenters. The molecule has 270 valence electrons. The number of hydrogen-bond donors (Lipinski definition) is 1. The van der Waals surface area contributed by atoms with Crippen molar-refractivity contribution in [3.8, 4) is 0 Å². The summed E-state index contributed by atoms with van der Waals surface area (Å²) in [5.41, 5.74) is 6.81. The second kappa shape index (κ2) is 17.2. The molecule has 1 fully saturated rings. The molecule has 0 spiro atoms. The third-order valence-electron chi connectivity index (χ3n) is 9.66. The van der Waals surface area contributed by atoms with E-state index in [0.29, 0.717) is 23.4 Å². The number of anilines is 1. The van der Waals surface area contributed by atoms with Crippen molar-refractivity contribution < 1.29 is 24.0 Å². The monoisotopic (exact) mass is 722 g/mol. The summed E-state index contributed by atoms with van der Waals surface area (Å²) in [7, 11) is 1.28. The average Bonchev–Trinajstić information content (AvgIpc) is 3.16. The van der Waals surface area contributed by atoms with Gasteiger partial charge in [0.05, 0.1) is 41.7 Å². The van der Waals surface area contributed by atoms with Gasteiger partial charge in [0.2, 0.25) is 0 Å². The molecule has 4 aromatic carbocycles. The molecule has 0 saturated carbocycles. The number of nitro groups is 1. The van der Waals surface area contributed by atoms with Crippen molar-refractivity contribution >= 4 is 35.7 Å². The molecule has 2 aliphatic heterocycles. The van der Waals surface area contributed by atoms with E-state index in [1.165, 1.54) is 30.4 Å². The van der Waals surface area contributed by atoms with Crippen LogP contribution in [0.25, 0.3) is 0 Å². The molecule has 4 aromatic rings. The summed E-state index contributed by atoms with van der Waals surface area (Å²) in [5.74, 6) is -1.99. The smallest absolute Gasteiger partial charge is 0.336 e. The van der Waals surface area contributed by atoms with Gasteiger partial charge in [-0.3, -0.25) is 15.0 Å². The number of carbonyl (C=O) groups excluding carboxylic acids is 2. The van der Waals surface area contributed by atoms with Gasteiger partial charge >= 0.3 is 11.9 Å². The number of carbonyl (C=O) groups is 2. The molecule has 52 heavy (non-hydrogen) atoms. The summed E-state index contributed by atoms with van der Waals surface area (Å²) in [5, 5.41) is 14.4. The minimum atomic E-state index is -0.817. The van der Waals surface area contributed by atoms with E-state index in [9.17, 15) is 19.7 Å². The maximum atomic E-state index is 13.6. The number of dihydropyridines is 1. The summed E-state index contributed by atoms with van der Waals surface area (Å²) in [6, 6.07) is 35.8. The van der Waals surface area contributed by atoms with Crippen LogP contribution in [0.2, 0.25) is 0 Å². The van der Waals surface area contributed by atoms with Gasteiger partial charge in [0, 0.05) is 61.8 Å². The summed E-state index contributed by atoms with van der Waals surface area (Å²) in [6.07, 6.45) is 0.510. The molecule has 1 saturated heterocycles. The fourth-order valence-corrected chi connectivity index (χ4v) is 7.10. The number of piperazine rings is 1. The molecule has 0 radical (unpaired) electrons. The van der Waals surface area contributed by atoms with E-state index in [2.05, 4.69) is 100 Å². The van der Waals surface area contributed by atoms with Gasteiger partial charge in [-0.2, -0.15) is 0 Å². The Morgan fingerprint density at radius 1 is 0.788 bits per heavy atom. The van der Waals surface area contributed by atoms with E-state index in [0.717, 1.165) is 37.4 Å². The molecule has 10 nitrogen and oxygen atoms in total. The van der Waals surface area contributed by atoms with Crippen molar-refractivity contribution in [1.29, 1.82) is 0 Å². The van der Waals surface area contributed by atoms with Crippen molar-refractivity contribution in [3.63, 3.8) is 0 Å². The van der Waals surface area contributed by atoms with E-state index in [4.69, 9.17) is 9.47 Å². The molecule has 2 heterocycles. The topological polar surface area (TPSA) is 114 Å². The van der Waals surface area contributed by atoms with E-state index < -0.39 is 22.8 Å². The van der Waals surface area contributed by atoms with Crippen LogP contribution < -0.4 is 10.2 Å². The molecular formula is C41H43ClN4O6. The standard InChI is InChI=1S/C41H42N4O6.ClH/c1-28-36(40(46)50-3)38(31-16-20-35(21-17-31)45(48)49)37(29(2)42-28)41(47)51-27-22-30-14-18-34(19-15-30)43-23-25-44(26-24-43)39(32-10-6-4-7-11-32)33-12-8-5-9-13-33;/h4-21,38-39,42H,22-27H2,1-3H3;1H. The van der Waals surface area contributed by atoms with Gasteiger partial charge in [0.15, 0.2) is 0 Å². The van der Waals surface area contributed by atoms with Crippen LogP contribution in [-0.4, -0.2) is 61.7 Å². The lowest BCUT2D eigenvalue weighted by molar-refractivity contribution is -0.384. The summed E-state index contributed by atoms with van der Waals surface area (Å²) < 4.78 is 10.8. The SMILES string of the molecule is COC(=O)C1=C(C)NC(C)=C(C(=O)OCCc2ccc(N3CCN(C(c4ccccc4)c4ccccc4)CC3)cc2)C1c1ccc([N+](=O)[O-])cc1.Cl. The molecule has 0 aromatic heterocycles. The molecular weight excluding hydrogens is 680 g/mol. The number of allylic oxidation sites excluding steroid dienone is 2. The molecule has 0 aliphatic carbocycles. The average molecular weight is 723 g/mol. The summed E-state index contributed by atoms with van der Waals surface area (Å²) in [4.78, 5) is 42.3. The van der Waals surface area contributed by atoms with Crippen molar-refractivity contribution in [1.82, 2.24) is 10.2 Å². The van der Waals surface area contributed by atoms with Crippen LogP contribution in [-0.2, 0) is 25.5 Å². The Labute approximate surface area is 310 Å². The van der Waals surface area contributed by atoms with Crippen LogP contribution in [0.4, 0.5) is 11.4 Å². The first-order chi connectivity index (χ1) is 24.7. The number of ether oxygens (including phenoxy) is 2. The Balaban J connectivity index is 0.00000523. The number of halogens is 1. The lowest BCUT2D eigenvalue weighted by Crippen LogP contribution is -2.48. The van der Waals surface area contributed by atoms with Crippen molar-refractivity contribution in [3.05, 3.63) is 164 Å².